The second-order valence-corrected chi connectivity index (χ2v) is 5.56. The van der Waals surface area contributed by atoms with E-state index in [1.54, 1.807) is 18.2 Å². The molecule has 4 nitrogen and oxygen atoms in total. The third kappa shape index (κ3) is 5.29. The van der Waals surface area contributed by atoms with Gasteiger partial charge < -0.3 is 10.4 Å². The lowest BCUT2D eigenvalue weighted by molar-refractivity contribution is -0.116. The second kappa shape index (κ2) is 8.47. The standard InChI is InChI=1S/C14H20Cl2N2O2/c1-10(2)18(8-9-19)7-6-13(20)17-14-11(15)4-3-5-12(14)16/h3-5,10,19H,6-9H2,1-2H3,(H,17,20). The molecule has 6 heteroatoms. The van der Waals surface area contributed by atoms with Crippen LogP contribution in [0.25, 0.3) is 0 Å². The third-order valence-electron chi connectivity index (χ3n) is 2.97. The number of carbonyl (C=O) groups is 1. The summed E-state index contributed by atoms with van der Waals surface area (Å²) in [5, 5.41) is 12.5. The molecule has 1 rings (SSSR count). The van der Waals surface area contributed by atoms with Gasteiger partial charge in [-0.3, -0.25) is 9.69 Å². The summed E-state index contributed by atoms with van der Waals surface area (Å²) in [4.78, 5) is 14.0. The number of nitrogens with zero attached hydrogens (tertiary/aromatic N) is 1. The van der Waals surface area contributed by atoms with E-state index < -0.39 is 0 Å². The quantitative estimate of drug-likeness (QED) is 0.812. The fourth-order valence-corrected chi connectivity index (χ4v) is 2.31. The molecule has 0 saturated carbocycles. The topological polar surface area (TPSA) is 52.6 Å². The molecule has 1 aromatic carbocycles. The first-order valence-corrected chi connectivity index (χ1v) is 7.30. The lowest BCUT2D eigenvalue weighted by Crippen LogP contribution is -2.35. The van der Waals surface area contributed by atoms with E-state index in [-0.39, 0.29) is 18.6 Å². The number of benzene rings is 1. The number of rotatable bonds is 7. The number of nitrogens with one attached hydrogen (secondary N) is 1. The molecule has 1 aromatic rings. The van der Waals surface area contributed by atoms with Gasteiger partial charge in [0.2, 0.25) is 5.91 Å². The summed E-state index contributed by atoms with van der Waals surface area (Å²) in [6, 6.07) is 5.35. The zero-order valence-electron chi connectivity index (χ0n) is 11.7. The molecule has 0 atom stereocenters. The molecule has 0 heterocycles. The maximum atomic E-state index is 11.9. The molecule has 0 radical (unpaired) electrons. The summed E-state index contributed by atoms with van der Waals surface area (Å²) in [5.41, 5.74) is 0.444. The van der Waals surface area contributed by atoms with Gasteiger partial charge in [0, 0.05) is 25.6 Å². The van der Waals surface area contributed by atoms with E-state index in [9.17, 15) is 4.79 Å². The van der Waals surface area contributed by atoms with Crippen LogP contribution in [0.1, 0.15) is 20.3 Å². The Hall–Kier alpha value is -0.810. The molecular weight excluding hydrogens is 299 g/mol. The first-order valence-electron chi connectivity index (χ1n) is 6.54. The van der Waals surface area contributed by atoms with Gasteiger partial charge in [-0.25, -0.2) is 0 Å². The van der Waals surface area contributed by atoms with E-state index in [2.05, 4.69) is 5.32 Å². The highest BCUT2D eigenvalue weighted by molar-refractivity contribution is 6.39. The zero-order chi connectivity index (χ0) is 15.1. The number of carbonyl (C=O) groups excluding carboxylic acids is 1. The predicted molar refractivity (Wildman–Crippen MR) is 83.5 cm³/mol. The van der Waals surface area contributed by atoms with Gasteiger partial charge in [-0.05, 0) is 26.0 Å². The van der Waals surface area contributed by atoms with Gasteiger partial charge in [-0.2, -0.15) is 0 Å². The fourth-order valence-electron chi connectivity index (χ4n) is 1.82. The van der Waals surface area contributed by atoms with Crippen LogP contribution >= 0.6 is 23.2 Å². The van der Waals surface area contributed by atoms with E-state index in [0.29, 0.717) is 35.2 Å². The summed E-state index contributed by atoms with van der Waals surface area (Å²) in [7, 11) is 0. The summed E-state index contributed by atoms with van der Waals surface area (Å²) in [5.74, 6) is -0.149. The van der Waals surface area contributed by atoms with Gasteiger partial charge >= 0.3 is 0 Å². The number of aliphatic hydroxyl groups is 1. The minimum atomic E-state index is -0.149. The fraction of sp³-hybridized carbons (Fsp3) is 0.500. The van der Waals surface area contributed by atoms with Crippen molar-refractivity contribution in [3.63, 3.8) is 0 Å². The molecule has 0 aliphatic rings. The van der Waals surface area contributed by atoms with Crippen LogP contribution in [0.15, 0.2) is 18.2 Å². The lowest BCUT2D eigenvalue weighted by Gasteiger charge is -2.25. The van der Waals surface area contributed by atoms with E-state index in [1.165, 1.54) is 0 Å². The maximum absolute atomic E-state index is 11.9. The molecule has 0 spiro atoms. The molecule has 0 aliphatic heterocycles. The van der Waals surface area contributed by atoms with Crippen LogP contribution in [0.4, 0.5) is 5.69 Å². The molecular formula is C14H20Cl2N2O2. The van der Waals surface area contributed by atoms with E-state index >= 15 is 0 Å². The highest BCUT2D eigenvalue weighted by Crippen LogP contribution is 2.29. The number of para-hydroxylation sites is 1. The number of anilines is 1. The number of amides is 1. The number of hydrogen-bond donors (Lipinski definition) is 2. The SMILES string of the molecule is CC(C)N(CCO)CCC(=O)Nc1c(Cl)cccc1Cl. The van der Waals surface area contributed by atoms with Crippen LogP contribution in [0.2, 0.25) is 10.0 Å². The predicted octanol–water partition coefficient (Wildman–Crippen LogP) is 3.02. The number of aliphatic hydroxyl groups excluding tert-OH is 1. The van der Waals surface area contributed by atoms with Crippen LogP contribution in [0.5, 0.6) is 0 Å². The largest absolute Gasteiger partial charge is 0.395 e. The van der Waals surface area contributed by atoms with Crippen LogP contribution in [-0.4, -0.2) is 41.7 Å². The van der Waals surface area contributed by atoms with Crippen LogP contribution < -0.4 is 5.32 Å². The number of hydrogen-bond acceptors (Lipinski definition) is 3. The Kier molecular flexibility index (Phi) is 7.30. The monoisotopic (exact) mass is 318 g/mol. The van der Waals surface area contributed by atoms with E-state index in [1.807, 2.05) is 18.7 Å². The molecule has 0 bridgehead atoms. The Morgan fingerprint density at radius 1 is 1.30 bits per heavy atom. The van der Waals surface area contributed by atoms with Crippen molar-refractivity contribution in [2.75, 3.05) is 25.0 Å². The molecule has 20 heavy (non-hydrogen) atoms. The van der Waals surface area contributed by atoms with Crippen LogP contribution in [0, 0.1) is 0 Å². The molecule has 2 N–H and O–H groups in total. The van der Waals surface area contributed by atoms with Crippen LogP contribution in [-0.2, 0) is 4.79 Å². The smallest absolute Gasteiger partial charge is 0.225 e. The van der Waals surface area contributed by atoms with Crippen molar-refractivity contribution in [2.45, 2.75) is 26.3 Å². The normalized spacial score (nSPS) is 11.2. The highest BCUT2D eigenvalue weighted by atomic mass is 35.5. The average Bonchev–Trinajstić information content (AvgIpc) is 2.38. The lowest BCUT2D eigenvalue weighted by atomic mass is 10.2. The minimum Gasteiger partial charge on any atom is -0.395 e. The first-order chi connectivity index (χ1) is 9.45. The Morgan fingerprint density at radius 3 is 2.40 bits per heavy atom. The summed E-state index contributed by atoms with van der Waals surface area (Å²) < 4.78 is 0. The third-order valence-corrected chi connectivity index (χ3v) is 3.60. The summed E-state index contributed by atoms with van der Waals surface area (Å²) in [6.07, 6.45) is 0.319. The average molecular weight is 319 g/mol. The van der Waals surface area contributed by atoms with Crippen LogP contribution in [0.3, 0.4) is 0 Å². The minimum absolute atomic E-state index is 0.0795. The van der Waals surface area contributed by atoms with Gasteiger partial charge in [0.05, 0.1) is 22.3 Å². The molecule has 1 amide bonds. The molecule has 112 valence electrons. The van der Waals surface area contributed by atoms with Crippen molar-refractivity contribution in [2.24, 2.45) is 0 Å². The molecule has 0 saturated heterocycles. The van der Waals surface area contributed by atoms with Crippen molar-refractivity contribution in [1.82, 2.24) is 4.90 Å². The summed E-state index contributed by atoms with van der Waals surface area (Å²) >= 11 is 12.0. The van der Waals surface area contributed by atoms with Crippen molar-refractivity contribution in [1.29, 1.82) is 0 Å². The van der Waals surface area contributed by atoms with E-state index in [0.717, 1.165) is 0 Å². The maximum Gasteiger partial charge on any atom is 0.225 e. The Bertz CT molecular complexity index is 433. The summed E-state index contributed by atoms with van der Waals surface area (Å²) in [6.45, 7) is 5.26. The van der Waals surface area contributed by atoms with Crippen molar-refractivity contribution < 1.29 is 9.90 Å². The first kappa shape index (κ1) is 17.2. The zero-order valence-corrected chi connectivity index (χ0v) is 13.2. The molecule has 0 unspecified atom stereocenters. The van der Waals surface area contributed by atoms with Gasteiger partial charge in [0.15, 0.2) is 0 Å². The Balaban J connectivity index is 2.55. The van der Waals surface area contributed by atoms with Gasteiger partial charge in [0.25, 0.3) is 0 Å². The second-order valence-electron chi connectivity index (χ2n) is 4.75. The Morgan fingerprint density at radius 2 is 1.90 bits per heavy atom. The van der Waals surface area contributed by atoms with Crippen molar-refractivity contribution >= 4 is 34.8 Å². The number of halogens is 2. The van der Waals surface area contributed by atoms with Gasteiger partial charge in [-0.1, -0.05) is 29.3 Å². The van der Waals surface area contributed by atoms with Gasteiger partial charge in [-0.15, -0.1) is 0 Å². The molecule has 0 aromatic heterocycles. The van der Waals surface area contributed by atoms with Gasteiger partial charge in [0.1, 0.15) is 0 Å². The van der Waals surface area contributed by atoms with E-state index in [4.69, 9.17) is 28.3 Å². The van der Waals surface area contributed by atoms with Crippen molar-refractivity contribution in [3.05, 3.63) is 28.2 Å². The van der Waals surface area contributed by atoms with Crippen molar-refractivity contribution in [3.8, 4) is 0 Å². The molecule has 0 aliphatic carbocycles. The molecule has 0 fully saturated rings. The Labute approximate surface area is 129 Å². The highest BCUT2D eigenvalue weighted by Gasteiger charge is 2.13.